The molecule has 0 heterocycles. The number of hydrogen-bond acceptors (Lipinski definition) is 0. The summed E-state index contributed by atoms with van der Waals surface area (Å²) in [6.07, 6.45) is 2.17. The number of rotatable bonds is 2. The molecule has 12 heavy (non-hydrogen) atoms. The first-order valence-corrected chi connectivity index (χ1v) is 5.16. The minimum atomic E-state index is 0.923. The molecule has 1 aromatic rings. The maximum Gasteiger partial charge on any atom is 0.0217 e. The van der Waals surface area contributed by atoms with Gasteiger partial charge in [-0.2, -0.15) is 0 Å². The second-order valence-corrected chi connectivity index (χ2v) is 3.55. The number of hydrogen-bond donors (Lipinski definition) is 0. The highest BCUT2D eigenvalue weighted by atomic mass is 79.9. The molecule has 0 N–H and O–H groups in total. The van der Waals surface area contributed by atoms with Gasteiger partial charge < -0.3 is 0 Å². The van der Waals surface area contributed by atoms with Crippen LogP contribution >= 0.6 is 15.9 Å². The van der Waals surface area contributed by atoms with Crippen LogP contribution in [0.4, 0.5) is 0 Å². The molecule has 0 aliphatic rings. The van der Waals surface area contributed by atoms with Crippen LogP contribution in [0.25, 0.3) is 5.57 Å². The Morgan fingerprint density at radius 1 is 1.33 bits per heavy atom. The molecule has 0 spiro atoms. The lowest BCUT2D eigenvalue weighted by molar-refractivity contribution is 1.44. The average molecular weight is 225 g/mol. The van der Waals surface area contributed by atoms with Gasteiger partial charge in [0.2, 0.25) is 0 Å². The second kappa shape index (κ2) is 4.46. The Balaban J connectivity index is 2.89. The van der Waals surface area contributed by atoms with Gasteiger partial charge in [0.1, 0.15) is 0 Å². The molecule has 0 radical (unpaired) electrons. The average Bonchev–Trinajstić information content (AvgIpc) is 2.06. The van der Waals surface area contributed by atoms with Crippen LogP contribution in [0.2, 0.25) is 0 Å². The van der Waals surface area contributed by atoms with Crippen LogP contribution in [0.1, 0.15) is 18.1 Å². The normalized spacial score (nSPS) is 11.8. The van der Waals surface area contributed by atoms with Gasteiger partial charge in [-0.1, -0.05) is 51.8 Å². The Labute approximate surface area is 82.4 Å². The number of benzene rings is 1. The molecule has 0 unspecified atom stereocenters. The van der Waals surface area contributed by atoms with Crippen LogP contribution in [0.15, 0.2) is 30.3 Å². The lowest BCUT2D eigenvalue weighted by atomic mass is 10.1. The van der Waals surface area contributed by atoms with Gasteiger partial charge in [-0.05, 0) is 25.0 Å². The van der Waals surface area contributed by atoms with E-state index >= 15 is 0 Å². The van der Waals surface area contributed by atoms with Gasteiger partial charge in [0.25, 0.3) is 0 Å². The summed E-state index contributed by atoms with van der Waals surface area (Å²) < 4.78 is 0. The molecule has 0 amide bonds. The second-order valence-electron chi connectivity index (χ2n) is 2.91. The lowest BCUT2D eigenvalue weighted by Crippen LogP contribution is -1.80. The van der Waals surface area contributed by atoms with Crippen molar-refractivity contribution < 1.29 is 0 Å². The van der Waals surface area contributed by atoms with E-state index in [1.54, 1.807) is 0 Å². The summed E-state index contributed by atoms with van der Waals surface area (Å²) in [7, 11) is 0. The summed E-state index contributed by atoms with van der Waals surface area (Å²) in [6.45, 7) is 4.24. The van der Waals surface area contributed by atoms with Crippen LogP contribution in [0.3, 0.4) is 0 Å². The molecule has 0 saturated carbocycles. The predicted octanol–water partition coefficient (Wildman–Crippen LogP) is 3.79. The molecule has 0 aromatic heterocycles. The molecule has 1 rings (SSSR count). The molecule has 0 saturated heterocycles. The first-order chi connectivity index (χ1) is 5.74. The van der Waals surface area contributed by atoms with E-state index in [0.29, 0.717) is 0 Å². The molecule has 0 bridgehead atoms. The van der Waals surface area contributed by atoms with Gasteiger partial charge in [0.15, 0.2) is 0 Å². The maximum atomic E-state index is 3.39. The van der Waals surface area contributed by atoms with Crippen molar-refractivity contribution in [1.29, 1.82) is 0 Å². The Morgan fingerprint density at radius 3 is 2.42 bits per heavy atom. The van der Waals surface area contributed by atoms with Crippen molar-refractivity contribution in [3.05, 3.63) is 41.5 Å². The summed E-state index contributed by atoms with van der Waals surface area (Å²) in [5, 5.41) is 0.923. The van der Waals surface area contributed by atoms with Crippen molar-refractivity contribution in [3.63, 3.8) is 0 Å². The number of aryl methyl sites for hydroxylation is 1. The molecule has 64 valence electrons. The van der Waals surface area contributed by atoms with Crippen molar-refractivity contribution in [3.8, 4) is 0 Å². The molecule has 0 aliphatic carbocycles. The third-order valence-electron chi connectivity index (χ3n) is 1.89. The van der Waals surface area contributed by atoms with Crippen LogP contribution in [0.5, 0.6) is 0 Å². The molecule has 0 nitrogen and oxygen atoms in total. The maximum absolute atomic E-state index is 3.39. The first-order valence-electron chi connectivity index (χ1n) is 4.04. The van der Waals surface area contributed by atoms with Crippen molar-refractivity contribution in [1.82, 2.24) is 0 Å². The highest BCUT2D eigenvalue weighted by Crippen LogP contribution is 2.14. The van der Waals surface area contributed by atoms with Crippen molar-refractivity contribution in [2.45, 2.75) is 13.8 Å². The van der Waals surface area contributed by atoms with E-state index in [1.165, 1.54) is 16.7 Å². The summed E-state index contributed by atoms with van der Waals surface area (Å²) in [5.41, 5.74) is 3.94. The SMILES string of the molecule is C/C(=C\CBr)c1ccc(C)cc1. The van der Waals surface area contributed by atoms with E-state index in [2.05, 4.69) is 60.1 Å². The Morgan fingerprint density at radius 2 is 1.92 bits per heavy atom. The van der Waals surface area contributed by atoms with Gasteiger partial charge in [0.05, 0.1) is 0 Å². The quantitative estimate of drug-likeness (QED) is 0.671. The van der Waals surface area contributed by atoms with Gasteiger partial charge in [-0.25, -0.2) is 0 Å². The van der Waals surface area contributed by atoms with Crippen molar-refractivity contribution in [2.75, 3.05) is 5.33 Å². The minimum absolute atomic E-state index is 0.923. The molecule has 1 aromatic carbocycles. The standard InChI is InChI=1S/C11H13Br/c1-9-3-5-11(6-4-9)10(2)7-8-12/h3-7H,8H2,1-2H3/b10-7+. The zero-order chi connectivity index (χ0) is 8.97. The zero-order valence-corrected chi connectivity index (χ0v) is 9.06. The number of alkyl halides is 1. The number of allylic oxidation sites excluding steroid dienone is 2. The van der Waals surface area contributed by atoms with Crippen LogP contribution < -0.4 is 0 Å². The summed E-state index contributed by atoms with van der Waals surface area (Å²) in [4.78, 5) is 0. The molecular weight excluding hydrogens is 212 g/mol. The minimum Gasteiger partial charge on any atom is -0.0883 e. The van der Waals surface area contributed by atoms with Crippen molar-refractivity contribution >= 4 is 21.5 Å². The largest absolute Gasteiger partial charge is 0.0883 e. The Hall–Kier alpha value is -0.560. The highest BCUT2D eigenvalue weighted by molar-refractivity contribution is 9.09. The van der Waals surface area contributed by atoms with Crippen LogP contribution in [-0.4, -0.2) is 5.33 Å². The summed E-state index contributed by atoms with van der Waals surface area (Å²) in [6, 6.07) is 8.59. The van der Waals surface area contributed by atoms with Gasteiger partial charge in [-0.15, -0.1) is 0 Å². The van der Waals surface area contributed by atoms with E-state index in [0.717, 1.165) is 5.33 Å². The third kappa shape index (κ3) is 2.49. The first kappa shape index (κ1) is 9.53. The monoisotopic (exact) mass is 224 g/mol. The lowest BCUT2D eigenvalue weighted by Gasteiger charge is -2.00. The number of halogens is 1. The fourth-order valence-electron chi connectivity index (χ4n) is 1.05. The molecule has 0 atom stereocenters. The highest BCUT2D eigenvalue weighted by Gasteiger charge is 1.92. The van der Waals surface area contributed by atoms with E-state index < -0.39 is 0 Å². The van der Waals surface area contributed by atoms with Crippen LogP contribution in [-0.2, 0) is 0 Å². The van der Waals surface area contributed by atoms with E-state index in [-0.39, 0.29) is 0 Å². The molecular formula is C11H13Br. The summed E-state index contributed by atoms with van der Waals surface area (Å²) in [5.74, 6) is 0. The molecule has 0 fully saturated rings. The Bertz CT molecular complexity index is 270. The third-order valence-corrected chi connectivity index (χ3v) is 2.21. The van der Waals surface area contributed by atoms with E-state index in [4.69, 9.17) is 0 Å². The van der Waals surface area contributed by atoms with Gasteiger partial charge in [0, 0.05) is 5.33 Å². The van der Waals surface area contributed by atoms with E-state index in [9.17, 15) is 0 Å². The van der Waals surface area contributed by atoms with Gasteiger partial charge >= 0.3 is 0 Å². The topological polar surface area (TPSA) is 0 Å². The predicted molar refractivity (Wildman–Crippen MR) is 58.6 cm³/mol. The summed E-state index contributed by atoms with van der Waals surface area (Å²) >= 11 is 3.39. The molecule has 0 aliphatic heterocycles. The van der Waals surface area contributed by atoms with Gasteiger partial charge in [-0.3, -0.25) is 0 Å². The van der Waals surface area contributed by atoms with Crippen molar-refractivity contribution in [2.24, 2.45) is 0 Å². The fraction of sp³-hybridized carbons (Fsp3) is 0.273. The fourth-order valence-corrected chi connectivity index (χ4v) is 1.54. The smallest absolute Gasteiger partial charge is 0.0217 e. The van der Waals surface area contributed by atoms with Crippen LogP contribution in [0, 0.1) is 6.92 Å². The zero-order valence-electron chi connectivity index (χ0n) is 7.47. The van der Waals surface area contributed by atoms with E-state index in [1.807, 2.05) is 0 Å². The Kier molecular flexibility index (Phi) is 3.54. The molecule has 1 heteroatoms.